The van der Waals surface area contributed by atoms with E-state index in [-0.39, 0.29) is 11.7 Å². The molecule has 0 saturated heterocycles. The number of rotatable bonds is 7. The second-order valence-electron chi connectivity index (χ2n) is 6.90. The van der Waals surface area contributed by atoms with E-state index in [0.29, 0.717) is 24.0 Å². The van der Waals surface area contributed by atoms with Gasteiger partial charge in [-0.1, -0.05) is 0 Å². The number of carbonyl (C=O) groups excluding carboxylic acids is 1. The van der Waals surface area contributed by atoms with Gasteiger partial charge in [-0.15, -0.1) is 0 Å². The van der Waals surface area contributed by atoms with E-state index in [4.69, 9.17) is 0 Å². The summed E-state index contributed by atoms with van der Waals surface area (Å²) >= 11 is 0. The number of likely N-dealkylation sites (N-methyl/N-ethyl adjacent to an activating group) is 2. The summed E-state index contributed by atoms with van der Waals surface area (Å²) in [6.07, 6.45) is 3.41. The number of hydrogen-bond acceptors (Lipinski definition) is 4. The highest BCUT2D eigenvalue weighted by Gasteiger charge is 2.18. The van der Waals surface area contributed by atoms with Crippen LogP contribution >= 0.6 is 0 Å². The van der Waals surface area contributed by atoms with Crippen LogP contribution in [0.3, 0.4) is 0 Å². The minimum Gasteiger partial charge on any atom is -0.372 e. The second-order valence-corrected chi connectivity index (χ2v) is 6.90. The molecule has 0 aliphatic carbocycles. The Hall–Kier alpha value is -3.09. The zero-order valence-corrected chi connectivity index (χ0v) is 16.7. The zero-order chi connectivity index (χ0) is 20.3. The predicted octanol–water partition coefficient (Wildman–Crippen LogP) is 3.37. The average Bonchev–Trinajstić information content (AvgIpc) is 3.13. The Labute approximate surface area is 164 Å². The third kappa shape index (κ3) is 3.93. The van der Waals surface area contributed by atoms with Gasteiger partial charge in [0.15, 0.2) is 5.82 Å². The molecule has 0 radical (unpaired) electrons. The van der Waals surface area contributed by atoms with Crippen LogP contribution in [-0.4, -0.2) is 61.6 Å². The highest BCUT2D eigenvalue weighted by Crippen LogP contribution is 2.25. The molecule has 148 valence electrons. The topological polar surface area (TPSA) is 55.5 Å². The van der Waals surface area contributed by atoms with Gasteiger partial charge in [0, 0.05) is 64.1 Å². The van der Waals surface area contributed by atoms with Crippen LogP contribution in [0.15, 0.2) is 42.7 Å². The first kappa shape index (κ1) is 19.7. The van der Waals surface area contributed by atoms with E-state index in [1.54, 1.807) is 30.4 Å². The Balaban J connectivity index is 1.70. The number of benzene rings is 1. The lowest BCUT2D eigenvalue weighted by atomic mass is 10.1. The first-order valence-corrected chi connectivity index (χ1v) is 9.31. The molecule has 3 rings (SSSR count). The van der Waals surface area contributed by atoms with Crippen molar-refractivity contribution in [3.8, 4) is 0 Å². The van der Waals surface area contributed by atoms with Crippen LogP contribution < -0.4 is 9.80 Å². The zero-order valence-electron chi connectivity index (χ0n) is 16.7. The lowest BCUT2D eigenvalue weighted by molar-refractivity contribution is 0.0801. The Morgan fingerprint density at radius 1 is 1.14 bits per heavy atom. The van der Waals surface area contributed by atoms with Crippen molar-refractivity contribution in [2.24, 2.45) is 0 Å². The summed E-state index contributed by atoms with van der Waals surface area (Å²) in [5.41, 5.74) is 2.27. The summed E-state index contributed by atoms with van der Waals surface area (Å²) in [7, 11) is 5.75. The monoisotopic (exact) mass is 383 g/mol. The molecule has 0 saturated carbocycles. The van der Waals surface area contributed by atoms with E-state index >= 15 is 0 Å². The first-order chi connectivity index (χ1) is 13.4. The third-order valence-corrected chi connectivity index (χ3v) is 5.00. The smallest absolute Gasteiger partial charge is 0.255 e. The number of nitrogens with one attached hydrogen (secondary N) is 1. The molecule has 1 N–H and O–H groups in total. The summed E-state index contributed by atoms with van der Waals surface area (Å²) in [6.45, 7) is 4.11. The van der Waals surface area contributed by atoms with Crippen LogP contribution in [0.5, 0.6) is 0 Å². The summed E-state index contributed by atoms with van der Waals surface area (Å²) < 4.78 is 13.6. The number of carbonyl (C=O) groups is 1. The number of hydrogen-bond donors (Lipinski definition) is 1. The fourth-order valence-corrected chi connectivity index (χ4v) is 3.13. The van der Waals surface area contributed by atoms with Crippen LogP contribution in [0.1, 0.15) is 17.3 Å². The van der Waals surface area contributed by atoms with Crippen molar-refractivity contribution in [3.05, 3.63) is 54.1 Å². The highest BCUT2D eigenvalue weighted by atomic mass is 19.1. The van der Waals surface area contributed by atoms with Crippen molar-refractivity contribution in [1.82, 2.24) is 14.9 Å². The molecule has 7 heteroatoms. The number of H-pyrrole nitrogens is 1. The third-order valence-electron chi connectivity index (χ3n) is 5.00. The van der Waals surface area contributed by atoms with Gasteiger partial charge in [0.05, 0.1) is 11.3 Å². The number of nitrogens with zero attached hydrogens (tertiary/aromatic N) is 4. The molecule has 0 aliphatic rings. The Kier molecular flexibility index (Phi) is 5.82. The Morgan fingerprint density at radius 3 is 2.68 bits per heavy atom. The fraction of sp³-hybridized carbons (Fsp3) is 0.333. The van der Waals surface area contributed by atoms with E-state index < -0.39 is 0 Å². The SMILES string of the molecule is CCN(C)c1cccnc1N(C)CCN(C)C(=O)c1c[nH]c2ccc(F)cc12. The lowest BCUT2D eigenvalue weighted by Crippen LogP contribution is -2.35. The maximum absolute atomic E-state index is 13.6. The van der Waals surface area contributed by atoms with E-state index in [2.05, 4.69) is 21.8 Å². The van der Waals surface area contributed by atoms with Crippen molar-refractivity contribution in [2.75, 3.05) is 50.6 Å². The van der Waals surface area contributed by atoms with E-state index in [1.807, 2.05) is 31.1 Å². The van der Waals surface area contributed by atoms with Crippen LogP contribution in [0.4, 0.5) is 15.9 Å². The molecule has 1 aromatic carbocycles. The Bertz CT molecular complexity index is 970. The van der Waals surface area contributed by atoms with E-state index in [9.17, 15) is 9.18 Å². The lowest BCUT2D eigenvalue weighted by Gasteiger charge is -2.27. The van der Waals surface area contributed by atoms with Crippen LogP contribution in [0, 0.1) is 5.82 Å². The van der Waals surface area contributed by atoms with Crippen LogP contribution in [-0.2, 0) is 0 Å². The molecule has 6 nitrogen and oxygen atoms in total. The average molecular weight is 383 g/mol. The van der Waals surface area contributed by atoms with Crippen LogP contribution in [0.25, 0.3) is 10.9 Å². The molecular formula is C21H26FN5O. The molecule has 2 aromatic heterocycles. The molecule has 3 aromatic rings. The molecule has 1 amide bonds. The van der Waals surface area contributed by atoms with Gasteiger partial charge in [-0.3, -0.25) is 4.79 Å². The van der Waals surface area contributed by atoms with Gasteiger partial charge in [0.25, 0.3) is 5.91 Å². The molecule has 0 unspecified atom stereocenters. The van der Waals surface area contributed by atoms with Gasteiger partial charge in [0.1, 0.15) is 5.82 Å². The Morgan fingerprint density at radius 2 is 1.93 bits per heavy atom. The predicted molar refractivity (Wildman–Crippen MR) is 112 cm³/mol. The minimum absolute atomic E-state index is 0.142. The van der Waals surface area contributed by atoms with Gasteiger partial charge in [0.2, 0.25) is 0 Å². The van der Waals surface area contributed by atoms with Crippen molar-refractivity contribution in [3.63, 3.8) is 0 Å². The molecular weight excluding hydrogens is 357 g/mol. The van der Waals surface area contributed by atoms with E-state index in [1.165, 1.54) is 12.1 Å². The van der Waals surface area contributed by atoms with Gasteiger partial charge >= 0.3 is 0 Å². The number of aromatic nitrogens is 2. The van der Waals surface area contributed by atoms with Crippen molar-refractivity contribution < 1.29 is 9.18 Å². The number of amides is 1. The molecule has 0 bridgehead atoms. The number of pyridine rings is 1. The normalized spacial score (nSPS) is 10.9. The number of fused-ring (bicyclic) bond motifs is 1. The number of aromatic amines is 1. The van der Waals surface area contributed by atoms with E-state index in [0.717, 1.165) is 23.6 Å². The van der Waals surface area contributed by atoms with Crippen LogP contribution in [0.2, 0.25) is 0 Å². The molecule has 28 heavy (non-hydrogen) atoms. The molecule has 0 atom stereocenters. The number of halogens is 1. The summed E-state index contributed by atoms with van der Waals surface area (Å²) in [4.78, 5) is 26.2. The van der Waals surface area contributed by atoms with Gasteiger partial charge in [-0.25, -0.2) is 9.37 Å². The van der Waals surface area contributed by atoms with Crippen molar-refractivity contribution >= 4 is 28.3 Å². The van der Waals surface area contributed by atoms with Gasteiger partial charge in [-0.05, 0) is 37.3 Å². The highest BCUT2D eigenvalue weighted by molar-refractivity contribution is 6.06. The standard InChI is InChI=1S/C21H26FN5O/c1-5-25(2)19-7-6-10-23-20(19)26(3)11-12-27(4)21(28)17-14-24-18-9-8-15(22)13-16(17)18/h6-10,13-14,24H,5,11-12H2,1-4H3. The molecule has 0 aliphatic heterocycles. The molecule has 0 spiro atoms. The summed E-state index contributed by atoms with van der Waals surface area (Å²) in [5, 5.41) is 0.599. The summed E-state index contributed by atoms with van der Waals surface area (Å²) in [6, 6.07) is 8.37. The van der Waals surface area contributed by atoms with Gasteiger partial charge < -0.3 is 19.7 Å². The largest absolute Gasteiger partial charge is 0.372 e. The molecule has 0 fully saturated rings. The fourth-order valence-electron chi connectivity index (χ4n) is 3.13. The number of anilines is 2. The van der Waals surface area contributed by atoms with Crippen molar-refractivity contribution in [1.29, 1.82) is 0 Å². The first-order valence-electron chi connectivity index (χ1n) is 9.31. The maximum Gasteiger partial charge on any atom is 0.255 e. The van der Waals surface area contributed by atoms with Gasteiger partial charge in [-0.2, -0.15) is 0 Å². The minimum atomic E-state index is -0.355. The van der Waals surface area contributed by atoms with Crippen molar-refractivity contribution in [2.45, 2.75) is 6.92 Å². The second kappa shape index (κ2) is 8.29. The quantitative estimate of drug-likeness (QED) is 0.680. The molecule has 2 heterocycles. The maximum atomic E-state index is 13.6. The summed E-state index contributed by atoms with van der Waals surface area (Å²) in [5.74, 6) is 0.380.